The number of aryl methyl sites for hydroxylation is 1. The van der Waals surface area contributed by atoms with Gasteiger partial charge in [-0.05, 0) is 19.1 Å². The van der Waals surface area contributed by atoms with Crippen LogP contribution >= 0.6 is 11.6 Å². The molecule has 1 aromatic heterocycles. The Bertz CT molecular complexity index is 562. The van der Waals surface area contributed by atoms with Gasteiger partial charge in [0.2, 0.25) is 0 Å². The Kier molecular flexibility index (Phi) is 2.16. The van der Waals surface area contributed by atoms with Crippen molar-refractivity contribution in [2.75, 3.05) is 0 Å². The van der Waals surface area contributed by atoms with E-state index in [1.54, 1.807) is 6.92 Å². The van der Waals surface area contributed by atoms with Gasteiger partial charge >= 0.3 is 5.97 Å². The number of hydrogen-bond acceptors (Lipinski definition) is 1. The number of carboxylic acids is 1. The summed E-state index contributed by atoms with van der Waals surface area (Å²) in [6.07, 6.45) is 0. The number of carbonyl (C=O) groups is 1. The van der Waals surface area contributed by atoms with Crippen molar-refractivity contribution in [3.8, 4) is 0 Å². The summed E-state index contributed by atoms with van der Waals surface area (Å²) in [6.45, 7) is 1.62. The maximum atomic E-state index is 13.2. The zero-order chi connectivity index (χ0) is 11.2. The molecule has 2 rings (SSSR count). The molecule has 0 spiro atoms. The summed E-state index contributed by atoms with van der Waals surface area (Å²) in [7, 11) is 0. The Labute approximate surface area is 89.5 Å². The number of benzene rings is 1. The molecule has 0 radical (unpaired) electrons. The van der Waals surface area contributed by atoms with Crippen LogP contribution in [0, 0.1) is 12.7 Å². The highest BCUT2D eigenvalue weighted by Crippen LogP contribution is 2.27. The largest absolute Gasteiger partial charge is 0.478 e. The summed E-state index contributed by atoms with van der Waals surface area (Å²) < 4.78 is 13.2. The Morgan fingerprint density at radius 3 is 2.80 bits per heavy atom. The van der Waals surface area contributed by atoms with E-state index >= 15 is 0 Å². The van der Waals surface area contributed by atoms with Crippen molar-refractivity contribution in [3.05, 3.63) is 34.2 Å². The molecule has 0 bridgehead atoms. The first-order valence-electron chi connectivity index (χ1n) is 4.21. The van der Waals surface area contributed by atoms with Gasteiger partial charge in [-0.2, -0.15) is 0 Å². The number of halogens is 2. The first-order chi connectivity index (χ1) is 7.00. The van der Waals surface area contributed by atoms with E-state index in [9.17, 15) is 9.18 Å². The van der Waals surface area contributed by atoms with E-state index in [-0.39, 0.29) is 10.6 Å². The van der Waals surface area contributed by atoms with E-state index in [1.165, 1.54) is 6.07 Å². The molecule has 0 amide bonds. The van der Waals surface area contributed by atoms with E-state index in [0.29, 0.717) is 16.6 Å². The fourth-order valence-corrected chi connectivity index (χ4v) is 1.76. The van der Waals surface area contributed by atoms with Gasteiger partial charge in [-0.25, -0.2) is 9.18 Å². The van der Waals surface area contributed by atoms with Gasteiger partial charge in [-0.3, -0.25) is 0 Å². The monoisotopic (exact) mass is 227 g/mol. The molecule has 3 nitrogen and oxygen atoms in total. The van der Waals surface area contributed by atoms with Gasteiger partial charge in [0, 0.05) is 16.6 Å². The molecule has 0 aliphatic heterocycles. The van der Waals surface area contributed by atoms with Crippen molar-refractivity contribution in [1.29, 1.82) is 0 Å². The minimum absolute atomic E-state index is 0.0271. The molecule has 0 saturated carbocycles. The van der Waals surface area contributed by atoms with E-state index in [1.807, 2.05) is 0 Å². The first kappa shape index (κ1) is 9.98. The lowest BCUT2D eigenvalue weighted by molar-refractivity contribution is 0.0698. The lowest BCUT2D eigenvalue weighted by atomic mass is 10.1. The van der Waals surface area contributed by atoms with Crippen molar-refractivity contribution in [1.82, 2.24) is 4.98 Å². The summed E-state index contributed by atoms with van der Waals surface area (Å²) in [6, 6.07) is 2.51. The molecule has 1 aromatic carbocycles. The number of nitrogens with one attached hydrogen (secondary N) is 1. The van der Waals surface area contributed by atoms with E-state index in [4.69, 9.17) is 16.7 Å². The average Bonchev–Trinajstić information content (AvgIpc) is 2.41. The quantitative estimate of drug-likeness (QED) is 0.787. The van der Waals surface area contributed by atoms with Crippen LogP contribution in [0.3, 0.4) is 0 Å². The van der Waals surface area contributed by atoms with Crippen molar-refractivity contribution in [3.63, 3.8) is 0 Å². The van der Waals surface area contributed by atoms with Crippen molar-refractivity contribution >= 4 is 28.5 Å². The van der Waals surface area contributed by atoms with Gasteiger partial charge in [0.05, 0.1) is 10.6 Å². The van der Waals surface area contributed by atoms with Crippen LogP contribution in [-0.4, -0.2) is 16.1 Å². The van der Waals surface area contributed by atoms with Gasteiger partial charge in [0.15, 0.2) is 0 Å². The Morgan fingerprint density at radius 2 is 2.20 bits per heavy atom. The number of carboxylic acid groups (broad SMARTS) is 1. The van der Waals surface area contributed by atoms with Gasteiger partial charge < -0.3 is 10.1 Å². The van der Waals surface area contributed by atoms with Gasteiger partial charge in [-0.1, -0.05) is 11.6 Å². The molecular weight excluding hydrogens is 221 g/mol. The van der Waals surface area contributed by atoms with Crippen LogP contribution in [0.5, 0.6) is 0 Å². The summed E-state index contributed by atoms with van der Waals surface area (Å²) in [4.78, 5) is 13.8. The summed E-state index contributed by atoms with van der Waals surface area (Å²) >= 11 is 5.59. The molecule has 5 heteroatoms. The van der Waals surface area contributed by atoms with Crippen LogP contribution in [0.4, 0.5) is 4.39 Å². The highest BCUT2D eigenvalue weighted by atomic mass is 35.5. The fourth-order valence-electron chi connectivity index (χ4n) is 1.60. The normalized spacial score (nSPS) is 10.9. The molecule has 78 valence electrons. The van der Waals surface area contributed by atoms with Gasteiger partial charge in [0.25, 0.3) is 0 Å². The maximum absolute atomic E-state index is 13.2. The molecule has 0 atom stereocenters. The summed E-state index contributed by atoms with van der Waals surface area (Å²) in [5, 5.41) is 9.25. The third-order valence-electron chi connectivity index (χ3n) is 2.24. The third kappa shape index (κ3) is 1.47. The highest BCUT2D eigenvalue weighted by Gasteiger charge is 2.16. The standard InChI is InChI=1S/C10H7ClFNO2/c1-4-9(10(14)15)5-2-7(12)6(11)3-8(5)13-4/h2-3,13H,1H3,(H,14,15). The maximum Gasteiger partial charge on any atom is 0.338 e. The van der Waals surface area contributed by atoms with Crippen LogP contribution in [0.1, 0.15) is 16.1 Å². The minimum atomic E-state index is -1.08. The Balaban J connectivity index is 2.87. The van der Waals surface area contributed by atoms with Crippen LogP contribution in [-0.2, 0) is 0 Å². The number of hydrogen-bond donors (Lipinski definition) is 2. The van der Waals surface area contributed by atoms with E-state index in [2.05, 4.69) is 4.98 Å². The van der Waals surface area contributed by atoms with Gasteiger partial charge in [-0.15, -0.1) is 0 Å². The van der Waals surface area contributed by atoms with E-state index < -0.39 is 11.8 Å². The number of fused-ring (bicyclic) bond motifs is 1. The molecular formula is C10H7ClFNO2. The van der Waals surface area contributed by atoms with Crippen LogP contribution < -0.4 is 0 Å². The molecule has 2 aromatic rings. The van der Waals surface area contributed by atoms with E-state index in [0.717, 1.165) is 6.07 Å². The van der Waals surface area contributed by atoms with Crippen molar-refractivity contribution in [2.45, 2.75) is 6.92 Å². The first-order valence-corrected chi connectivity index (χ1v) is 4.59. The molecule has 0 aliphatic rings. The lowest BCUT2D eigenvalue weighted by Gasteiger charge is -1.96. The predicted octanol–water partition coefficient (Wildman–Crippen LogP) is 2.97. The fraction of sp³-hybridized carbons (Fsp3) is 0.100. The SMILES string of the molecule is Cc1[nH]c2cc(Cl)c(F)cc2c1C(=O)O. The van der Waals surface area contributed by atoms with Crippen molar-refractivity contribution < 1.29 is 14.3 Å². The van der Waals surface area contributed by atoms with Crippen LogP contribution in [0.25, 0.3) is 10.9 Å². The number of aromatic nitrogens is 1. The summed E-state index contributed by atoms with van der Waals surface area (Å²) in [5.74, 6) is -1.70. The smallest absolute Gasteiger partial charge is 0.338 e. The second kappa shape index (κ2) is 3.24. The highest BCUT2D eigenvalue weighted by molar-refractivity contribution is 6.31. The molecule has 15 heavy (non-hydrogen) atoms. The molecule has 0 fully saturated rings. The summed E-state index contributed by atoms with van der Waals surface area (Å²) in [5.41, 5.74) is 1.09. The molecule has 0 saturated heterocycles. The number of aromatic carboxylic acids is 1. The number of H-pyrrole nitrogens is 1. The van der Waals surface area contributed by atoms with Crippen LogP contribution in [0.2, 0.25) is 5.02 Å². The topological polar surface area (TPSA) is 53.1 Å². The Morgan fingerprint density at radius 1 is 1.53 bits per heavy atom. The lowest BCUT2D eigenvalue weighted by Crippen LogP contribution is -1.97. The molecule has 1 heterocycles. The number of rotatable bonds is 1. The molecule has 0 aliphatic carbocycles. The second-order valence-electron chi connectivity index (χ2n) is 3.24. The molecule has 0 unspecified atom stereocenters. The van der Waals surface area contributed by atoms with Gasteiger partial charge in [0.1, 0.15) is 5.82 Å². The second-order valence-corrected chi connectivity index (χ2v) is 3.65. The molecule has 2 N–H and O–H groups in total. The van der Waals surface area contributed by atoms with Crippen LogP contribution in [0.15, 0.2) is 12.1 Å². The number of aromatic amines is 1. The predicted molar refractivity (Wildman–Crippen MR) is 55.0 cm³/mol. The Hall–Kier alpha value is -1.55. The average molecular weight is 228 g/mol. The van der Waals surface area contributed by atoms with Crippen molar-refractivity contribution in [2.24, 2.45) is 0 Å². The minimum Gasteiger partial charge on any atom is -0.478 e. The zero-order valence-electron chi connectivity index (χ0n) is 7.77. The third-order valence-corrected chi connectivity index (χ3v) is 2.53. The zero-order valence-corrected chi connectivity index (χ0v) is 8.52.